The molecule has 0 unspecified atom stereocenters. The van der Waals surface area contributed by atoms with Gasteiger partial charge < -0.3 is 0 Å². The average Bonchev–Trinajstić information content (AvgIpc) is 2.91. The van der Waals surface area contributed by atoms with Gasteiger partial charge in [-0.2, -0.15) is 0 Å². The average molecular weight is 279 g/mol. The van der Waals surface area contributed by atoms with Crippen LogP contribution in [0.25, 0.3) is 11.4 Å². The number of H-pyrrole nitrogens is 1. The normalized spacial score (nSPS) is 10.7. The van der Waals surface area contributed by atoms with Gasteiger partial charge in [0.2, 0.25) is 0 Å². The van der Waals surface area contributed by atoms with Crippen molar-refractivity contribution < 1.29 is 0 Å². The van der Waals surface area contributed by atoms with Gasteiger partial charge in [-0.3, -0.25) is 4.98 Å². The fraction of sp³-hybridized carbons (Fsp3) is 0.176. The summed E-state index contributed by atoms with van der Waals surface area (Å²) in [5.74, 6) is 0.625. The lowest BCUT2D eigenvalue weighted by atomic mass is 10.1. The van der Waals surface area contributed by atoms with Crippen LogP contribution in [0.4, 0.5) is 0 Å². The lowest BCUT2D eigenvalue weighted by Gasteiger charge is -2.01. The highest BCUT2D eigenvalue weighted by molar-refractivity contribution is 5.53. The molecule has 3 aromatic rings. The van der Waals surface area contributed by atoms with Gasteiger partial charge in [-0.1, -0.05) is 60.7 Å². The third-order valence-corrected chi connectivity index (χ3v) is 3.41. The number of rotatable bonds is 5. The van der Waals surface area contributed by atoms with Crippen molar-refractivity contribution in [3.8, 4) is 11.4 Å². The Hall–Kier alpha value is -2.62. The third-order valence-electron chi connectivity index (χ3n) is 3.41. The Balaban J connectivity index is 1.67. The highest BCUT2D eigenvalue weighted by atomic mass is 16.1. The summed E-state index contributed by atoms with van der Waals surface area (Å²) in [6.45, 7) is 0.622. The molecule has 0 saturated heterocycles. The number of aromatic nitrogens is 3. The Morgan fingerprint density at radius 1 is 0.952 bits per heavy atom. The zero-order chi connectivity index (χ0) is 14.5. The molecule has 21 heavy (non-hydrogen) atoms. The molecule has 0 aliphatic rings. The second kappa shape index (κ2) is 6.22. The second-order valence-electron chi connectivity index (χ2n) is 4.96. The number of aromatic amines is 1. The minimum Gasteiger partial charge on any atom is -0.289 e. The standard InChI is InChI=1S/C17H17N3O/c21-17-18-16(15-11-5-2-6-12-15)19-20(17)13-7-10-14-8-3-1-4-9-14/h1-6,8-9,11-12H,7,10,13H2,(H,18,19,21). The largest absolute Gasteiger partial charge is 0.343 e. The van der Waals surface area contributed by atoms with Crippen LogP contribution in [0.1, 0.15) is 12.0 Å². The van der Waals surface area contributed by atoms with E-state index in [1.54, 1.807) is 0 Å². The lowest BCUT2D eigenvalue weighted by Crippen LogP contribution is -2.18. The van der Waals surface area contributed by atoms with Gasteiger partial charge in [0.25, 0.3) is 0 Å². The molecule has 0 radical (unpaired) electrons. The fourth-order valence-corrected chi connectivity index (χ4v) is 2.31. The Labute approximate surface area is 123 Å². The van der Waals surface area contributed by atoms with Crippen molar-refractivity contribution in [2.24, 2.45) is 0 Å². The summed E-state index contributed by atoms with van der Waals surface area (Å²) in [6.07, 6.45) is 1.84. The molecular formula is C17H17N3O. The SMILES string of the molecule is O=c1[nH]c(-c2ccccc2)nn1CCCc1ccccc1. The first-order valence-corrected chi connectivity index (χ1v) is 7.09. The minimum atomic E-state index is -0.151. The Kier molecular flexibility index (Phi) is 3.96. The molecule has 1 heterocycles. The lowest BCUT2D eigenvalue weighted by molar-refractivity contribution is 0.561. The molecule has 106 valence electrons. The Bertz CT molecular complexity index is 744. The molecule has 4 nitrogen and oxygen atoms in total. The molecule has 1 N–H and O–H groups in total. The van der Waals surface area contributed by atoms with Crippen molar-refractivity contribution in [3.05, 3.63) is 76.7 Å². The smallest absolute Gasteiger partial charge is 0.289 e. The van der Waals surface area contributed by atoms with E-state index in [1.165, 1.54) is 10.2 Å². The van der Waals surface area contributed by atoms with Crippen LogP contribution in [0, 0.1) is 0 Å². The van der Waals surface area contributed by atoms with Crippen LogP contribution < -0.4 is 5.69 Å². The van der Waals surface area contributed by atoms with Gasteiger partial charge in [-0.05, 0) is 18.4 Å². The van der Waals surface area contributed by atoms with Crippen LogP contribution in [-0.4, -0.2) is 14.8 Å². The van der Waals surface area contributed by atoms with E-state index in [0.717, 1.165) is 18.4 Å². The van der Waals surface area contributed by atoms with Crippen molar-refractivity contribution in [1.29, 1.82) is 0 Å². The molecule has 0 saturated carbocycles. The van der Waals surface area contributed by atoms with Gasteiger partial charge in [0.05, 0.1) is 0 Å². The summed E-state index contributed by atoms with van der Waals surface area (Å²) in [4.78, 5) is 14.7. The summed E-state index contributed by atoms with van der Waals surface area (Å²) in [5, 5.41) is 4.36. The molecule has 4 heteroatoms. The van der Waals surface area contributed by atoms with E-state index in [1.807, 2.05) is 48.5 Å². The maximum absolute atomic E-state index is 11.9. The quantitative estimate of drug-likeness (QED) is 0.780. The van der Waals surface area contributed by atoms with Crippen molar-refractivity contribution in [1.82, 2.24) is 14.8 Å². The van der Waals surface area contributed by atoms with Crippen molar-refractivity contribution in [3.63, 3.8) is 0 Å². The highest BCUT2D eigenvalue weighted by Gasteiger charge is 2.06. The molecule has 0 bridgehead atoms. The first-order chi connectivity index (χ1) is 10.3. The molecule has 3 rings (SSSR count). The van der Waals surface area contributed by atoms with E-state index in [0.29, 0.717) is 12.4 Å². The van der Waals surface area contributed by atoms with Crippen LogP contribution in [-0.2, 0) is 13.0 Å². The van der Waals surface area contributed by atoms with Crippen LogP contribution in [0.2, 0.25) is 0 Å². The minimum absolute atomic E-state index is 0.151. The maximum atomic E-state index is 11.9. The molecule has 2 aromatic carbocycles. The van der Waals surface area contributed by atoms with E-state index in [2.05, 4.69) is 22.2 Å². The molecule has 0 fully saturated rings. The number of aryl methyl sites for hydroxylation is 2. The maximum Gasteiger partial charge on any atom is 0.343 e. The summed E-state index contributed by atoms with van der Waals surface area (Å²) in [6, 6.07) is 20.0. The number of hydrogen-bond donors (Lipinski definition) is 1. The summed E-state index contributed by atoms with van der Waals surface area (Å²) >= 11 is 0. The summed E-state index contributed by atoms with van der Waals surface area (Å²) in [7, 11) is 0. The van der Waals surface area contributed by atoms with Crippen LogP contribution in [0.15, 0.2) is 65.5 Å². The van der Waals surface area contributed by atoms with Crippen LogP contribution in [0.5, 0.6) is 0 Å². The van der Waals surface area contributed by atoms with E-state index in [4.69, 9.17) is 0 Å². The molecule has 0 atom stereocenters. The monoisotopic (exact) mass is 279 g/mol. The number of nitrogens with zero attached hydrogens (tertiary/aromatic N) is 2. The van der Waals surface area contributed by atoms with Crippen molar-refractivity contribution >= 4 is 0 Å². The van der Waals surface area contributed by atoms with Gasteiger partial charge in [-0.15, -0.1) is 5.10 Å². The summed E-state index contributed by atoms with van der Waals surface area (Å²) < 4.78 is 1.51. The van der Waals surface area contributed by atoms with E-state index in [9.17, 15) is 4.79 Å². The van der Waals surface area contributed by atoms with Gasteiger partial charge in [0.15, 0.2) is 5.82 Å². The first-order valence-electron chi connectivity index (χ1n) is 7.09. The fourth-order valence-electron chi connectivity index (χ4n) is 2.31. The first kappa shape index (κ1) is 13.4. The third kappa shape index (κ3) is 3.28. The Morgan fingerprint density at radius 3 is 2.33 bits per heavy atom. The highest BCUT2D eigenvalue weighted by Crippen LogP contribution is 2.11. The predicted octanol–water partition coefficient (Wildman–Crippen LogP) is 2.87. The van der Waals surface area contributed by atoms with E-state index >= 15 is 0 Å². The number of hydrogen-bond acceptors (Lipinski definition) is 2. The van der Waals surface area contributed by atoms with Crippen LogP contribution >= 0.6 is 0 Å². The zero-order valence-electron chi connectivity index (χ0n) is 11.7. The molecule has 0 amide bonds. The molecule has 0 spiro atoms. The second-order valence-corrected chi connectivity index (χ2v) is 4.96. The topological polar surface area (TPSA) is 50.7 Å². The molecule has 0 aliphatic heterocycles. The zero-order valence-corrected chi connectivity index (χ0v) is 11.7. The molecular weight excluding hydrogens is 262 g/mol. The number of benzene rings is 2. The van der Waals surface area contributed by atoms with Gasteiger partial charge in [0.1, 0.15) is 0 Å². The van der Waals surface area contributed by atoms with Gasteiger partial charge in [0, 0.05) is 12.1 Å². The van der Waals surface area contributed by atoms with E-state index in [-0.39, 0.29) is 5.69 Å². The molecule has 1 aromatic heterocycles. The van der Waals surface area contributed by atoms with Gasteiger partial charge in [-0.25, -0.2) is 9.48 Å². The van der Waals surface area contributed by atoms with E-state index < -0.39 is 0 Å². The number of nitrogens with one attached hydrogen (secondary N) is 1. The van der Waals surface area contributed by atoms with Crippen LogP contribution in [0.3, 0.4) is 0 Å². The van der Waals surface area contributed by atoms with Crippen molar-refractivity contribution in [2.75, 3.05) is 0 Å². The summed E-state index contributed by atoms with van der Waals surface area (Å²) in [5.41, 5.74) is 2.06. The van der Waals surface area contributed by atoms with Crippen molar-refractivity contribution in [2.45, 2.75) is 19.4 Å². The molecule has 0 aliphatic carbocycles. The Morgan fingerprint density at radius 2 is 1.62 bits per heavy atom. The van der Waals surface area contributed by atoms with Gasteiger partial charge >= 0.3 is 5.69 Å². The predicted molar refractivity (Wildman–Crippen MR) is 83.0 cm³/mol.